The summed E-state index contributed by atoms with van der Waals surface area (Å²) in [7, 11) is 1.90. The smallest absolute Gasteiger partial charge is 0.319 e. The number of carbonyl (C=O) groups is 1. The van der Waals surface area contributed by atoms with Crippen molar-refractivity contribution in [3.63, 3.8) is 0 Å². The number of halogens is 2. The number of aryl methyl sites for hydroxylation is 1. The molecule has 0 bridgehead atoms. The van der Waals surface area contributed by atoms with E-state index in [1.807, 2.05) is 18.9 Å². The normalized spacial score (nSPS) is 20.5. The van der Waals surface area contributed by atoms with Gasteiger partial charge >= 0.3 is 6.03 Å². The first-order chi connectivity index (χ1) is 12.0. The minimum atomic E-state index is -0.881. The van der Waals surface area contributed by atoms with Gasteiger partial charge in [-0.05, 0) is 49.7 Å². The Labute approximate surface area is 145 Å². The lowest BCUT2D eigenvalue weighted by Gasteiger charge is -2.26. The van der Waals surface area contributed by atoms with Crippen LogP contribution in [0.4, 0.5) is 19.3 Å². The molecule has 1 saturated heterocycles. The highest BCUT2D eigenvalue weighted by Crippen LogP contribution is 2.31. The van der Waals surface area contributed by atoms with E-state index in [9.17, 15) is 13.6 Å². The number of urea groups is 1. The summed E-state index contributed by atoms with van der Waals surface area (Å²) in [6.45, 7) is 2.61. The van der Waals surface area contributed by atoms with Crippen LogP contribution >= 0.6 is 0 Å². The lowest BCUT2D eigenvalue weighted by molar-refractivity contribution is 0.240. The van der Waals surface area contributed by atoms with Gasteiger partial charge in [-0.3, -0.25) is 9.88 Å². The largest absolute Gasteiger partial charge is 0.333 e. The van der Waals surface area contributed by atoms with Gasteiger partial charge in [0.2, 0.25) is 0 Å². The molecule has 1 aliphatic heterocycles. The quantitative estimate of drug-likeness (QED) is 0.897. The first-order valence-electron chi connectivity index (χ1n) is 8.09. The maximum Gasteiger partial charge on any atom is 0.319 e. The molecule has 0 saturated carbocycles. The lowest BCUT2D eigenvalue weighted by atomic mass is 10.00. The van der Waals surface area contributed by atoms with E-state index in [0.29, 0.717) is 11.3 Å². The maximum absolute atomic E-state index is 13.6. The van der Waals surface area contributed by atoms with Gasteiger partial charge in [-0.2, -0.15) is 0 Å². The Kier molecular flexibility index (Phi) is 4.94. The van der Waals surface area contributed by atoms with Crippen molar-refractivity contribution in [1.82, 2.24) is 15.2 Å². The molecule has 1 aromatic carbocycles. The van der Waals surface area contributed by atoms with Gasteiger partial charge in [0.1, 0.15) is 0 Å². The standard InChI is InChI=1S/C18H20F2N4O/c1-11-10-21-7-5-15(11)22-18(25)23-16-6-8-24(2)17(16)12-3-4-13(19)14(20)9-12/h3-5,7,9-10,16-17H,6,8H2,1-2H3,(H2,21,22,23,25)/t16-,17-/m0/s1. The highest BCUT2D eigenvalue weighted by molar-refractivity contribution is 5.90. The van der Waals surface area contributed by atoms with Crippen LogP contribution in [-0.4, -0.2) is 35.5 Å². The van der Waals surface area contributed by atoms with E-state index in [-0.39, 0.29) is 18.1 Å². The van der Waals surface area contributed by atoms with Crippen molar-refractivity contribution in [2.24, 2.45) is 0 Å². The zero-order chi connectivity index (χ0) is 18.0. The molecule has 0 aliphatic carbocycles. The molecular formula is C18H20F2N4O. The number of nitrogens with zero attached hydrogens (tertiary/aromatic N) is 2. The van der Waals surface area contributed by atoms with Crippen LogP contribution in [0.2, 0.25) is 0 Å². The SMILES string of the molecule is Cc1cnccc1NC(=O)N[C@H]1CCN(C)[C@H]1c1ccc(F)c(F)c1. The summed E-state index contributed by atoms with van der Waals surface area (Å²) in [4.78, 5) is 18.3. The zero-order valence-electron chi connectivity index (χ0n) is 14.1. The van der Waals surface area contributed by atoms with Crippen LogP contribution in [-0.2, 0) is 0 Å². The monoisotopic (exact) mass is 346 g/mol. The fraction of sp³-hybridized carbons (Fsp3) is 0.333. The van der Waals surface area contributed by atoms with Crippen LogP contribution in [0.5, 0.6) is 0 Å². The second-order valence-electron chi connectivity index (χ2n) is 6.28. The Balaban J connectivity index is 1.73. The third kappa shape index (κ3) is 3.76. The van der Waals surface area contributed by atoms with Crippen molar-refractivity contribution in [3.8, 4) is 0 Å². The highest BCUT2D eigenvalue weighted by Gasteiger charge is 2.34. The van der Waals surface area contributed by atoms with Crippen LogP contribution in [0, 0.1) is 18.6 Å². The maximum atomic E-state index is 13.6. The van der Waals surface area contributed by atoms with Gasteiger partial charge in [-0.15, -0.1) is 0 Å². The van der Waals surface area contributed by atoms with E-state index in [4.69, 9.17) is 0 Å². The molecule has 2 amide bonds. The van der Waals surface area contributed by atoms with Gasteiger partial charge in [0.05, 0.1) is 12.1 Å². The van der Waals surface area contributed by atoms with Crippen LogP contribution in [0.1, 0.15) is 23.6 Å². The van der Waals surface area contributed by atoms with Gasteiger partial charge in [-0.1, -0.05) is 6.07 Å². The van der Waals surface area contributed by atoms with Gasteiger partial charge in [-0.25, -0.2) is 13.6 Å². The summed E-state index contributed by atoms with van der Waals surface area (Å²) in [5.74, 6) is -1.76. The van der Waals surface area contributed by atoms with E-state index >= 15 is 0 Å². The Morgan fingerprint density at radius 2 is 2.08 bits per heavy atom. The summed E-state index contributed by atoms with van der Waals surface area (Å²) >= 11 is 0. The van der Waals surface area contributed by atoms with E-state index in [0.717, 1.165) is 24.6 Å². The molecule has 3 rings (SSSR count). The molecule has 25 heavy (non-hydrogen) atoms. The van der Waals surface area contributed by atoms with Crippen molar-refractivity contribution >= 4 is 11.7 Å². The molecule has 0 spiro atoms. The number of benzene rings is 1. The van der Waals surface area contributed by atoms with Gasteiger partial charge < -0.3 is 10.6 Å². The number of amides is 2. The van der Waals surface area contributed by atoms with Crippen molar-refractivity contribution < 1.29 is 13.6 Å². The van der Waals surface area contributed by atoms with E-state index in [1.54, 1.807) is 24.5 Å². The third-order valence-corrected chi connectivity index (χ3v) is 4.52. The summed E-state index contributed by atoms with van der Waals surface area (Å²) in [6, 6.07) is 4.86. The third-order valence-electron chi connectivity index (χ3n) is 4.52. The second-order valence-corrected chi connectivity index (χ2v) is 6.28. The topological polar surface area (TPSA) is 57.3 Å². The van der Waals surface area contributed by atoms with Crippen LogP contribution < -0.4 is 10.6 Å². The highest BCUT2D eigenvalue weighted by atomic mass is 19.2. The molecule has 2 heterocycles. The number of rotatable bonds is 3. The fourth-order valence-corrected chi connectivity index (χ4v) is 3.22. The summed E-state index contributed by atoms with van der Waals surface area (Å²) in [6.07, 6.45) is 4.00. The molecule has 1 aromatic heterocycles. The molecule has 1 fully saturated rings. The van der Waals surface area contributed by atoms with Crippen LogP contribution in [0.25, 0.3) is 0 Å². The first kappa shape index (κ1) is 17.3. The van der Waals surface area contributed by atoms with Crippen LogP contribution in [0.15, 0.2) is 36.7 Å². The molecule has 2 N–H and O–H groups in total. The number of nitrogens with one attached hydrogen (secondary N) is 2. The minimum Gasteiger partial charge on any atom is -0.333 e. The average Bonchev–Trinajstić information content (AvgIpc) is 2.93. The fourth-order valence-electron chi connectivity index (χ4n) is 3.22. The Morgan fingerprint density at radius 1 is 1.28 bits per heavy atom. The molecule has 0 unspecified atom stereocenters. The molecule has 2 aromatic rings. The molecule has 2 atom stereocenters. The number of hydrogen-bond donors (Lipinski definition) is 2. The van der Waals surface area contributed by atoms with Crippen molar-refractivity contribution in [3.05, 3.63) is 59.4 Å². The van der Waals surface area contributed by atoms with Gasteiger partial charge in [0.25, 0.3) is 0 Å². The zero-order valence-corrected chi connectivity index (χ0v) is 14.1. The number of pyridine rings is 1. The Hall–Kier alpha value is -2.54. The van der Waals surface area contributed by atoms with Crippen molar-refractivity contribution in [2.75, 3.05) is 18.9 Å². The number of anilines is 1. The average molecular weight is 346 g/mol. The van der Waals surface area contributed by atoms with E-state index < -0.39 is 11.6 Å². The van der Waals surface area contributed by atoms with Crippen LogP contribution in [0.3, 0.4) is 0 Å². The molecule has 0 radical (unpaired) electrons. The molecule has 7 heteroatoms. The first-order valence-corrected chi connectivity index (χ1v) is 8.09. The molecule has 1 aliphatic rings. The minimum absolute atomic E-state index is 0.197. The number of carbonyl (C=O) groups excluding carboxylic acids is 1. The van der Waals surface area contributed by atoms with E-state index in [2.05, 4.69) is 15.6 Å². The predicted molar refractivity (Wildman–Crippen MR) is 91.3 cm³/mol. The Bertz CT molecular complexity index is 783. The molecular weight excluding hydrogens is 326 g/mol. The molecule has 5 nitrogen and oxygen atoms in total. The number of aromatic nitrogens is 1. The van der Waals surface area contributed by atoms with Crippen molar-refractivity contribution in [1.29, 1.82) is 0 Å². The van der Waals surface area contributed by atoms with Crippen molar-refractivity contribution in [2.45, 2.75) is 25.4 Å². The summed E-state index contributed by atoms with van der Waals surface area (Å²) in [5.41, 5.74) is 2.19. The number of hydrogen-bond acceptors (Lipinski definition) is 3. The summed E-state index contributed by atoms with van der Waals surface area (Å²) in [5, 5.41) is 5.74. The summed E-state index contributed by atoms with van der Waals surface area (Å²) < 4.78 is 26.8. The predicted octanol–water partition coefficient (Wildman–Crippen LogP) is 3.24. The van der Waals surface area contributed by atoms with Gasteiger partial charge in [0.15, 0.2) is 11.6 Å². The van der Waals surface area contributed by atoms with E-state index in [1.165, 1.54) is 6.07 Å². The molecule has 132 valence electrons. The Morgan fingerprint density at radius 3 is 2.80 bits per heavy atom. The number of likely N-dealkylation sites (N-methyl/N-ethyl adjacent to an activating group) is 1. The lowest BCUT2D eigenvalue weighted by Crippen LogP contribution is -2.41. The van der Waals surface area contributed by atoms with Gasteiger partial charge in [0, 0.05) is 24.6 Å². The number of likely N-dealkylation sites (tertiary alicyclic amines) is 1. The second kappa shape index (κ2) is 7.14.